The highest BCUT2D eigenvalue weighted by molar-refractivity contribution is 5.93. The zero-order valence-corrected chi connectivity index (χ0v) is 16.8. The predicted molar refractivity (Wildman–Crippen MR) is 102 cm³/mol. The van der Waals surface area contributed by atoms with E-state index in [2.05, 4.69) is 6.58 Å². The number of esters is 2. The van der Waals surface area contributed by atoms with Crippen molar-refractivity contribution >= 4 is 11.9 Å². The summed E-state index contributed by atoms with van der Waals surface area (Å²) in [5, 5.41) is 39.3. The van der Waals surface area contributed by atoms with Crippen molar-refractivity contribution in [2.45, 2.75) is 62.2 Å². The molecule has 0 aromatic heterocycles. The van der Waals surface area contributed by atoms with Crippen molar-refractivity contribution in [3.63, 3.8) is 0 Å². The summed E-state index contributed by atoms with van der Waals surface area (Å²) in [5.74, 6) is -1.46. The molecule has 31 heavy (non-hydrogen) atoms. The molecule has 4 N–H and O–H groups in total. The van der Waals surface area contributed by atoms with Gasteiger partial charge in [-0.05, 0) is 24.5 Å². The molecule has 3 heterocycles. The van der Waals surface area contributed by atoms with E-state index in [1.165, 1.54) is 0 Å². The highest BCUT2D eigenvalue weighted by Gasteiger charge is 2.48. The van der Waals surface area contributed by atoms with Crippen LogP contribution in [-0.4, -0.2) is 88.5 Å². The topological polar surface area (TPSA) is 152 Å². The molecule has 10 heteroatoms. The van der Waals surface area contributed by atoms with Crippen molar-refractivity contribution < 1.29 is 49.0 Å². The minimum atomic E-state index is -1.54. The largest absolute Gasteiger partial charge is 0.458 e. The normalized spacial score (nSPS) is 40.6. The lowest BCUT2D eigenvalue weighted by Crippen LogP contribution is -2.59. The van der Waals surface area contributed by atoms with Crippen molar-refractivity contribution in [2.75, 3.05) is 13.2 Å². The Morgan fingerprint density at radius 2 is 1.87 bits per heavy atom. The van der Waals surface area contributed by atoms with E-state index in [9.17, 15) is 30.0 Å². The first-order chi connectivity index (χ1) is 14.8. The molecular formula is C21H26O10. The first kappa shape index (κ1) is 22.1. The highest BCUT2D eigenvalue weighted by Crippen LogP contribution is 2.39. The molecule has 2 bridgehead atoms. The molecule has 0 aromatic rings. The second kappa shape index (κ2) is 8.81. The Morgan fingerprint density at radius 1 is 1.10 bits per heavy atom. The van der Waals surface area contributed by atoms with Gasteiger partial charge in [-0.15, -0.1) is 0 Å². The molecular weight excluding hydrogens is 412 g/mol. The summed E-state index contributed by atoms with van der Waals surface area (Å²) in [5.41, 5.74) is 1.52. The zero-order valence-electron chi connectivity index (χ0n) is 16.8. The van der Waals surface area contributed by atoms with E-state index in [0.29, 0.717) is 24.8 Å². The maximum Gasteiger partial charge on any atom is 0.334 e. The van der Waals surface area contributed by atoms with E-state index in [1.807, 2.05) is 0 Å². The maximum absolute atomic E-state index is 12.1. The Morgan fingerprint density at radius 3 is 2.61 bits per heavy atom. The third kappa shape index (κ3) is 4.19. The molecule has 8 atom stereocenters. The second-order valence-corrected chi connectivity index (χ2v) is 8.17. The van der Waals surface area contributed by atoms with Gasteiger partial charge in [-0.2, -0.15) is 0 Å². The Kier molecular flexibility index (Phi) is 6.29. The third-order valence-corrected chi connectivity index (χ3v) is 6.14. The molecule has 3 aliphatic heterocycles. The van der Waals surface area contributed by atoms with Crippen molar-refractivity contribution in [2.24, 2.45) is 5.92 Å². The summed E-state index contributed by atoms with van der Waals surface area (Å²) in [6.07, 6.45) is -3.18. The van der Waals surface area contributed by atoms with E-state index >= 15 is 0 Å². The number of aliphatic hydroxyl groups excluding tert-OH is 4. The highest BCUT2D eigenvalue weighted by atomic mass is 16.7. The molecule has 0 saturated carbocycles. The lowest BCUT2D eigenvalue weighted by molar-refractivity contribution is -0.299. The van der Waals surface area contributed by atoms with Crippen molar-refractivity contribution in [3.05, 3.63) is 35.5 Å². The Hall–Kier alpha value is -2.08. The monoisotopic (exact) mass is 438 g/mol. The molecule has 8 unspecified atom stereocenters. The molecule has 170 valence electrons. The fourth-order valence-corrected chi connectivity index (χ4v) is 4.36. The van der Waals surface area contributed by atoms with Crippen LogP contribution in [0.15, 0.2) is 35.5 Å². The molecule has 4 aliphatic rings. The molecule has 0 radical (unpaired) electrons. The summed E-state index contributed by atoms with van der Waals surface area (Å²) in [6, 6.07) is 0. The van der Waals surface area contributed by atoms with Crippen LogP contribution in [0.3, 0.4) is 0 Å². The molecule has 3 saturated heterocycles. The van der Waals surface area contributed by atoms with Gasteiger partial charge in [0.2, 0.25) is 0 Å². The number of fused-ring (bicyclic) bond motifs is 4. The van der Waals surface area contributed by atoms with Crippen LogP contribution in [0.25, 0.3) is 0 Å². The summed E-state index contributed by atoms with van der Waals surface area (Å²) in [7, 11) is 0. The predicted octanol–water partition coefficient (Wildman–Crippen LogP) is -1.14. The summed E-state index contributed by atoms with van der Waals surface area (Å²) < 4.78 is 21.9. The number of hydrogen-bond acceptors (Lipinski definition) is 10. The number of aliphatic hydroxyl groups is 4. The summed E-state index contributed by atoms with van der Waals surface area (Å²) in [6.45, 7) is 3.21. The molecule has 10 nitrogen and oxygen atoms in total. The van der Waals surface area contributed by atoms with E-state index in [0.717, 1.165) is 5.57 Å². The number of carbonyl (C=O) groups is 2. The van der Waals surface area contributed by atoms with Crippen LogP contribution in [-0.2, 0) is 28.5 Å². The van der Waals surface area contributed by atoms with Crippen molar-refractivity contribution in [1.82, 2.24) is 0 Å². The average molecular weight is 438 g/mol. The SMILES string of the molecule is C=C1C(=O)OC2C=C(COC3OC(CO)C(O)C(O)C3O)CCC=C3CC(OC3=O)C12. The molecule has 0 amide bonds. The lowest BCUT2D eigenvalue weighted by atomic mass is 9.86. The van der Waals surface area contributed by atoms with E-state index in [1.54, 1.807) is 12.2 Å². The fourth-order valence-electron chi connectivity index (χ4n) is 4.36. The number of allylic oxidation sites excluding steroid dienone is 1. The molecule has 1 aliphatic carbocycles. The van der Waals surface area contributed by atoms with Crippen LogP contribution in [0.2, 0.25) is 0 Å². The number of rotatable bonds is 4. The second-order valence-electron chi connectivity index (χ2n) is 8.17. The molecule has 0 spiro atoms. The molecule has 4 rings (SSSR count). The summed E-state index contributed by atoms with van der Waals surface area (Å²) >= 11 is 0. The first-order valence-corrected chi connectivity index (χ1v) is 10.2. The minimum Gasteiger partial charge on any atom is -0.458 e. The quantitative estimate of drug-likeness (QED) is 0.241. The molecule has 3 fully saturated rings. The van der Waals surface area contributed by atoms with Crippen molar-refractivity contribution in [3.8, 4) is 0 Å². The van der Waals surface area contributed by atoms with E-state index < -0.39 is 67.4 Å². The maximum atomic E-state index is 12.1. The van der Waals surface area contributed by atoms with Gasteiger partial charge in [-0.25, -0.2) is 9.59 Å². The van der Waals surface area contributed by atoms with Gasteiger partial charge in [0.25, 0.3) is 0 Å². The van der Waals surface area contributed by atoms with Gasteiger partial charge in [0.1, 0.15) is 36.6 Å². The third-order valence-electron chi connectivity index (χ3n) is 6.14. The van der Waals surface area contributed by atoms with Gasteiger partial charge in [-0.1, -0.05) is 12.7 Å². The van der Waals surface area contributed by atoms with Crippen molar-refractivity contribution in [1.29, 1.82) is 0 Å². The van der Waals surface area contributed by atoms with Crippen LogP contribution >= 0.6 is 0 Å². The van der Waals surface area contributed by atoms with Crippen LogP contribution in [0, 0.1) is 5.92 Å². The first-order valence-electron chi connectivity index (χ1n) is 10.2. The van der Waals surface area contributed by atoms with Gasteiger partial charge >= 0.3 is 11.9 Å². The van der Waals surface area contributed by atoms with E-state index in [-0.39, 0.29) is 12.2 Å². The number of ether oxygens (including phenoxy) is 4. The van der Waals surface area contributed by atoms with Gasteiger partial charge in [0.05, 0.1) is 19.1 Å². The standard InChI is InChI=1S/C21H26O10/c1-9-15-12(29-19(9)26)5-10(3-2-4-11-6-13(15)30-20(11)27)8-28-21-18(25)17(24)16(23)14(7-22)31-21/h4-5,12-18,21-25H,1-3,6-8H2. The average Bonchev–Trinajstić information content (AvgIpc) is 3.23. The summed E-state index contributed by atoms with van der Waals surface area (Å²) in [4.78, 5) is 24.3. The number of hydrogen-bond donors (Lipinski definition) is 4. The Labute approximate surface area is 178 Å². The van der Waals surface area contributed by atoms with Gasteiger partial charge < -0.3 is 39.4 Å². The van der Waals surface area contributed by atoms with Crippen LogP contribution in [0.1, 0.15) is 19.3 Å². The van der Waals surface area contributed by atoms with Crippen LogP contribution < -0.4 is 0 Å². The molecule has 0 aromatic carbocycles. The minimum absolute atomic E-state index is 0.0292. The zero-order chi connectivity index (χ0) is 22.3. The van der Waals surface area contributed by atoms with Crippen LogP contribution in [0.5, 0.6) is 0 Å². The van der Waals surface area contributed by atoms with Gasteiger partial charge in [0.15, 0.2) is 6.29 Å². The number of carbonyl (C=O) groups excluding carboxylic acids is 2. The van der Waals surface area contributed by atoms with Gasteiger partial charge in [-0.3, -0.25) is 0 Å². The Bertz CT molecular complexity index is 815. The fraction of sp³-hybridized carbons (Fsp3) is 0.619. The smallest absolute Gasteiger partial charge is 0.334 e. The van der Waals surface area contributed by atoms with Crippen LogP contribution in [0.4, 0.5) is 0 Å². The Balaban J connectivity index is 1.52. The lowest BCUT2D eigenvalue weighted by Gasteiger charge is -2.39. The van der Waals surface area contributed by atoms with Gasteiger partial charge in [0, 0.05) is 17.6 Å². The van der Waals surface area contributed by atoms with E-state index in [4.69, 9.17) is 18.9 Å².